The number of rotatable bonds is 6. The summed E-state index contributed by atoms with van der Waals surface area (Å²) in [6.45, 7) is 3.16. The molecule has 1 amide bonds. The zero-order valence-electron chi connectivity index (χ0n) is 19.3. The first-order valence-corrected chi connectivity index (χ1v) is 11.9. The number of carboxylic acids is 1. The van der Waals surface area contributed by atoms with Crippen LogP contribution in [0.15, 0.2) is 60.9 Å². The van der Waals surface area contributed by atoms with Gasteiger partial charge in [-0.05, 0) is 73.7 Å². The average molecular weight is 456 g/mol. The molecular formula is C28H29N3O3. The Morgan fingerprint density at radius 3 is 2.56 bits per heavy atom. The number of aryl methyl sites for hydroxylation is 1. The van der Waals surface area contributed by atoms with Crippen LogP contribution >= 0.6 is 0 Å². The van der Waals surface area contributed by atoms with Crippen molar-refractivity contribution >= 4 is 33.6 Å². The third kappa shape index (κ3) is 4.53. The maximum Gasteiger partial charge on any atom is 0.306 e. The number of aromatic nitrogens is 2. The lowest BCUT2D eigenvalue weighted by molar-refractivity contribution is -0.143. The molecule has 34 heavy (non-hydrogen) atoms. The van der Waals surface area contributed by atoms with Crippen molar-refractivity contribution in [2.45, 2.75) is 39.2 Å². The van der Waals surface area contributed by atoms with E-state index in [9.17, 15) is 14.7 Å². The number of pyridine rings is 1. The van der Waals surface area contributed by atoms with Crippen LogP contribution in [0.5, 0.6) is 0 Å². The molecule has 2 heterocycles. The second-order valence-electron chi connectivity index (χ2n) is 9.48. The van der Waals surface area contributed by atoms with E-state index in [1.165, 1.54) is 0 Å². The quantitative estimate of drug-likeness (QED) is 0.420. The van der Waals surface area contributed by atoms with Crippen molar-refractivity contribution in [1.29, 1.82) is 0 Å². The van der Waals surface area contributed by atoms with E-state index in [1.807, 2.05) is 43.6 Å². The van der Waals surface area contributed by atoms with E-state index in [0.29, 0.717) is 37.4 Å². The Morgan fingerprint density at radius 2 is 1.79 bits per heavy atom. The Labute approximate surface area is 198 Å². The summed E-state index contributed by atoms with van der Waals surface area (Å²) in [6.07, 6.45) is 6.96. The van der Waals surface area contributed by atoms with Crippen LogP contribution in [0.2, 0.25) is 0 Å². The topological polar surface area (TPSA) is 84.2 Å². The number of aliphatic carboxylic acids is 1. The van der Waals surface area contributed by atoms with Crippen LogP contribution in [0.3, 0.4) is 0 Å². The molecule has 2 N–H and O–H groups in total. The second-order valence-corrected chi connectivity index (χ2v) is 9.48. The highest BCUT2D eigenvalue weighted by Crippen LogP contribution is 2.29. The molecule has 0 bridgehead atoms. The average Bonchev–Trinajstić information content (AvgIpc) is 3.24. The number of nitrogens with one attached hydrogen (secondary N) is 1. The molecule has 4 aromatic rings. The molecule has 2 aromatic carbocycles. The van der Waals surface area contributed by atoms with Crippen molar-refractivity contribution in [2.24, 2.45) is 11.8 Å². The van der Waals surface area contributed by atoms with E-state index in [2.05, 4.69) is 39.1 Å². The normalized spacial score (nSPS) is 18.3. The van der Waals surface area contributed by atoms with E-state index in [-0.39, 0.29) is 11.8 Å². The fourth-order valence-corrected chi connectivity index (χ4v) is 5.14. The molecule has 6 nitrogen and oxygen atoms in total. The van der Waals surface area contributed by atoms with Gasteiger partial charge in [0.1, 0.15) is 0 Å². The monoisotopic (exact) mass is 455 g/mol. The van der Waals surface area contributed by atoms with Gasteiger partial charge in [-0.3, -0.25) is 14.6 Å². The lowest BCUT2D eigenvalue weighted by atomic mass is 9.82. The largest absolute Gasteiger partial charge is 0.481 e. The zero-order valence-corrected chi connectivity index (χ0v) is 19.3. The Balaban J connectivity index is 1.36. The predicted octanol–water partition coefficient (Wildman–Crippen LogP) is 5.17. The van der Waals surface area contributed by atoms with Gasteiger partial charge in [0.25, 0.3) is 5.91 Å². The van der Waals surface area contributed by atoms with Crippen LogP contribution in [0, 0.1) is 18.8 Å². The van der Waals surface area contributed by atoms with Crippen LogP contribution in [0.4, 0.5) is 0 Å². The van der Waals surface area contributed by atoms with Crippen LogP contribution < -0.4 is 5.32 Å². The maximum atomic E-state index is 13.3. The molecule has 1 aliphatic rings. The molecule has 2 aromatic heterocycles. The predicted molar refractivity (Wildman–Crippen MR) is 133 cm³/mol. The summed E-state index contributed by atoms with van der Waals surface area (Å²) < 4.78 is 2.10. The molecule has 0 spiro atoms. The van der Waals surface area contributed by atoms with Crippen LogP contribution in [-0.2, 0) is 11.3 Å². The number of carbonyl (C=O) groups excluding carboxylic acids is 1. The smallest absolute Gasteiger partial charge is 0.306 e. The minimum Gasteiger partial charge on any atom is -0.481 e. The van der Waals surface area contributed by atoms with Gasteiger partial charge in [-0.2, -0.15) is 0 Å². The summed E-state index contributed by atoms with van der Waals surface area (Å²) >= 11 is 0. The number of hydrogen-bond donors (Lipinski definition) is 2. The van der Waals surface area contributed by atoms with Crippen LogP contribution in [0.1, 0.15) is 47.3 Å². The molecular weight excluding hydrogens is 426 g/mol. The highest BCUT2D eigenvalue weighted by molar-refractivity contribution is 6.06. The summed E-state index contributed by atoms with van der Waals surface area (Å²) in [6, 6.07) is 16.4. The molecule has 1 saturated carbocycles. The molecule has 0 unspecified atom stereocenters. The number of fused-ring (bicyclic) bond motifs is 2. The summed E-state index contributed by atoms with van der Waals surface area (Å²) in [5, 5.41) is 15.6. The van der Waals surface area contributed by atoms with Gasteiger partial charge in [-0.1, -0.05) is 24.3 Å². The van der Waals surface area contributed by atoms with Gasteiger partial charge in [0.05, 0.1) is 29.2 Å². The maximum absolute atomic E-state index is 13.3. The Bertz CT molecular complexity index is 1370. The number of benzene rings is 2. The lowest BCUT2D eigenvalue weighted by Crippen LogP contribution is -2.32. The molecule has 1 aliphatic carbocycles. The van der Waals surface area contributed by atoms with Gasteiger partial charge in [-0.25, -0.2) is 0 Å². The van der Waals surface area contributed by atoms with E-state index in [1.54, 1.807) is 0 Å². The van der Waals surface area contributed by atoms with Crippen molar-refractivity contribution < 1.29 is 14.7 Å². The molecule has 0 aliphatic heterocycles. The minimum atomic E-state index is -0.702. The number of hydrogen-bond acceptors (Lipinski definition) is 3. The van der Waals surface area contributed by atoms with Gasteiger partial charge in [0.15, 0.2) is 0 Å². The molecule has 0 radical (unpaired) electrons. The molecule has 6 heteroatoms. The highest BCUT2D eigenvalue weighted by Gasteiger charge is 2.26. The van der Waals surface area contributed by atoms with E-state index in [0.717, 1.165) is 45.8 Å². The van der Waals surface area contributed by atoms with Crippen molar-refractivity contribution in [3.63, 3.8) is 0 Å². The molecule has 0 atom stereocenters. The van der Waals surface area contributed by atoms with Crippen molar-refractivity contribution in [3.8, 4) is 0 Å². The highest BCUT2D eigenvalue weighted by atomic mass is 16.4. The summed E-state index contributed by atoms with van der Waals surface area (Å²) in [5.74, 6) is -0.699. The van der Waals surface area contributed by atoms with E-state index < -0.39 is 5.97 Å². The fraction of sp³-hybridized carbons (Fsp3) is 0.321. The molecule has 1 fully saturated rings. The number of nitrogens with zero attached hydrogens (tertiary/aromatic N) is 2. The van der Waals surface area contributed by atoms with Gasteiger partial charge in [-0.15, -0.1) is 0 Å². The fourth-order valence-electron chi connectivity index (χ4n) is 5.14. The van der Waals surface area contributed by atoms with E-state index >= 15 is 0 Å². The van der Waals surface area contributed by atoms with Crippen LogP contribution in [-0.4, -0.2) is 33.1 Å². The first kappa shape index (κ1) is 22.1. The number of amides is 1. The summed E-state index contributed by atoms with van der Waals surface area (Å²) in [7, 11) is 0. The minimum absolute atomic E-state index is 0.0829. The molecule has 0 saturated heterocycles. The summed E-state index contributed by atoms with van der Waals surface area (Å²) in [4.78, 5) is 29.1. The third-order valence-corrected chi connectivity index (χ3v) is 7.02. The Kier molecular flexibility index (Phi) is 6.05. The standard InChI is InChI=1S/C28H29N3O3/c1-18-12-22-10-11-31(17-24-14-21-4-2-3-5-23(21)16-29-24)26(22)25(13-18)27(32)30-15-19-6-8-20(9-7-19)28(33)34/h2-5,10-14,16,19-20H,6-9,15,17H2,1H3,(H,30,32)(H,33,34)/t19-,20-. The number of carboxylic acid groups (broad SMARTS) is 1. The van der Waals surface area contributed by atoms with Gasteiger partial charge < -0.3 is 15.0 Å². The van der Waals surface area contributed by atoms with Crippen molar-refractivity contribution in [3.05, 3.63) is 77.7 Å². The van der Waals surface area contributed by atoms with E-state index in [4.69, 9.17) is 0 Å². The van der Waals surface area contributed by atoms with Gasteiger partial charge >= 0.3 is 5.97 Å². The SMILES string of the molecule is Cc1cc(C(=O)NC[C@H]2CC[C@H](C(=O)O)CC2)c2c(ccn2Cc2cc3ccccc3cn2)c1. The van der Waals surface area contributed by atoms with Crippen LogP contribution in [0.25, 0.3) is 21.7 Å². The van der Waals surface area contributed by atoms with Crippen molar-refractivity contribution in [2.75, 3.05) is 6.54 Å². The van der Waals surface area contributed by atoms with Gasteiger partial charge in [0, 0.05) is 29.7 Å². The zero-order chi connectivity index (χ0) is 23.7. The Morgan fingerprint density at radius 1 is 1.03 bits per heavy atom. The first-order chi connectivity index (χ1) is 16.5. The van der Waals surface area contributed by atoms with Crippen molar-refractivity contribution in [1.82, 2.24) is 14.9 Å². The van der Waals surface area contributed by atoms with Gasteiger partial charge in [0.2, 0.25) is 0 Å². The Hall–Kier alpha value is -3.67. The second kappa shape index (κ2) is 9.29. The first-order valence-electron chi connectivity index (χ1n) is 11.9. The lowest BCUT2D eigenvalue weighted by Gasteiger charge is -2.26. The third-order valence-electron chi connectivity index (χ3n) is 7.02. The number of carbonyl (C=O) groups is 2. The molecule has 174 valence electrons. The molecule has 5 rings (SSSR count). The summed E-state index contributed by atoms with van der Waals surface area (Å²) in [5.41, 5.74) is 3.56.